The normalized spacial score (nSPS) is 18.6. The molecular formula is C46H35N. The molecular weight excluding hydrogens is 567 g/mol. The topological polar surface area (TPSA) is 3.24 Å². The van der Waals surface area contributed by atoms with Gasteiger partial charge in [-0.1, -0.05) is 146 Å². The summed E-state index contributed by atoms with van der Waals surface area (Å²) >= 11 is 0. The summed E-state index contributed by atoms with van der Waals surface area (Å²) in [5, 5.41) is 0. The molecule has 7 aromatic rings. The van der Waals surface area contributed by atoms with Crippen LogP contribution in [0, 0.1) is 0 Å². The Bertz CT molecular complexity index is 2270. The van der Waals surface area contributed by atoms with Crippen LogP contribution in [0.4, 0.5) is 17.1 Å². The molecule has 0 amide bonds. The molecule has 0 heterocycles. The van der Waals surface area contributed by atoms with E-state index in [0.717, 1.165) is 11.4 Å². The van der Waals surface area contributed by atoms with Crippen LogP contribution in [0.5, 0.6) is 0 Å². The number of hydrogen-bond donors (Lipinski definition) is 0. The van der Waals surface area contributed by atoms with Gasteiger partial charge in [0.2, 0.25) is 0 Å². The standard InChI is InChI=1S/C46H35N/c1-45(32-17-6-3-7-18-32)39-25-14-12-23-36(39)38-31-35(29-30-41(38)45)47(34-21-10-5-11-22-34)43-28-16-27-42-44(43)37-24-13-15-26-40(37)46(42,2)33-19-8-4-9-20-33/h3-31H,1-2H3. The van der Waals surface area contributed by atoms with Gasteiger partial charge < -0.3 is 4.90 Å². The van der Waals surface area contributed by atoms with Crippen molar-refractivity contribution >= 4 is 17.1 Å². The minimum absolute atomic E-state index is 0.228. The van der Waals surface area contributed by atoms with Gasteiger partial charge in [-0.3, -0.25) is 0 Å². The van der Waals surface area contributed by atoms with E-state index in [4.69, 9.17) is 0 Å². The molecule has 0 saturated carbocycles. The van der Waals surface area contributed by atoms with Crippen molar-refractivity contribution in [1.29, 1.82) is 0 Å². The molecule has 0 N–H and O–H groups in total. The molecule has 0 radical (unpaired) electrons. The van der Waals surface area contributed by atoms with Gasteiger partial charge in [0, 0.05) is 27.8 Å². The average Bonchev–Trinajstić information content (AvgIpc) is 3.57. The van der Waals surface area contributed by atoms with Crippen molar-refractivity contribution in [2.75, 3.05) is 4.90 Å². The third-order valence-electron chi connectivity index (χ3n) is 10.8. The molecule has 0 aliphatic heterocycles. The van der Waals surface area contributed by atoms with Gasteiger partial charge >= 0.3 is 0 Å². The van der Waals surface area contributed by atoms with Gasteiger partial charge in [0.05, 0.1) is 5.69 Å². The summed E-state index contributed by atoms with van der Waals surface area (Å²) in [6, 6.07) is 64.7. The van der Waals surface area contributed by atoms with Crippen LogP contribution in [-0.2, 0) is 10.8 Å². The predicted molar refractivity (Wildman–Crippen MR) is 196 cm³/mol. The van der Waals surface area contributed by atoms with Crippen molar-refractivity contribution < 1.29 is 0 Å². The molecule has 2 unspecified atom stereocenters. The molecule has 224 valence electrons. The van der Waals surface area contributed by atoms with E-state index in [1.807, 2.05) is 0 Å². The van der Waals surface area contributed by atoms with Gasteiger partial charge in [-0.2, -0.15) is 0 Å². The molecule has 9 rings (SSSR count). The fourth-order valence-corrected chi connectivity index (χ4v) is 8.51. The highest BCUT2D eigenvalue weighted by molar-refractivity contribution is 5.97. The van der Waals surface area contributed by atoms with Crippen molar-refractivity contribution in [3.63, 3.8) is 0 Å². The second-order valence-electron chi connectivity index (χ2n) is 13.2. The van der Waals surface area contributed by atoms with E-state index in [2.05, 4.69) is 195 Å². The summed E-state index contributed by atoms with van der Waals surface area (Å²) in [6.45, 7) is 4.77. The number of rotatable bonds is 5. The first-order valence-corrected chi connectivity index (χ1v) is 16.5. The van der Waals surface area contributed by atoms with E-state index in [0.29, 0.717) is 0 Å². The first-order valence-electron chi connectivity index (χ1n) is 16.5. The summed E-state index contributed by atoms with van der Waals surface area (Å²) in [7, 11) is 0. The smallest absolute Gasteiger partial charge is 0.0543 e. The summed E-state index contributed by atoms with van der Waals surface area (Å²) in [5.41, 5.74) is 16.2. The van der Waals surface area contributed by atoms with Gasteiger partial charge in [0.15, 0.2) is 0 Å². The lowest BCUT2D eigenvalue weighted by Crippen LogP contribution is -2.22. The van der Waals surface area contributed by atoms with Crippen LogP contribution in [0.15, 0.2) is 176 Å². The zero-order chi connectivity index (χ0) is 31.6. The highest BCUT2D eigenvalue weighted by Gasteiger charge is 2.43. The van der Waals surface area contributed by atoms with Crippen molar-refractivity contribution in [2.45, 2.75) is 24.7 Å². The molecule has 2 atom stereocenters. The molecule has 1 nitrogen and oxygen atoms in total. The first kappa shape index (κ1) is 27.6. The highest BCUT2D eigenvalue weighted by atomic mass is 15.1. The van der Waals surface area contributed by atoms with Crippen molar-refractivity contribution in [1.82, 2.24) is 0 Å². The van der Waals surface area contributed by atoms with Crippen LogP contribution in [0.3, 0.4) is 0 Å². The Morgan fingerprint density at radius 1 is 0.362 bits per heavy atom. The SMILES string of the molecule is CC1(c2ccccc2)c2ccccc2-c2cc(N(c3ccccc3)c3cccc4c3-c3ccccc3C4(C)c3ccccc3)ccc21. The minimum Gasteiger partial charge on any atom is -0.310 e. The number of nitrogens with zero attached hydrogens (tertiary/aromatic N) is 1. The number of anilines is 3. The Balaban J connectivity index is 1.30. The summed E-state index contributed by atoms with van der Waals surface area (Å²) in [4.78, 5) is 2.47. The molecule has 1 heteroatoms. The van der Waals surface area contributed by atoms with Crippen molar-refractivity contribution in [2.24, 2.45) is 0 Å². The summed E-state index contributed by atoms with van der Waals surface area (Å²) in [5.74, 6) is 0. The van der Waals surface area contributed by atoms with E-state index in [-0.39, 0.29) is 10.8 Å². The lowest BCUT2D eigenvalue weighted by atomic mass is 9.74. The molecule has 0 aromatic heterocycles. The molecule has 2 aliphatic carbocycles. The molecule has 2 aliphatic rings. The molecule has 47 heavy (non-hydrogen) atoms. The lowest BCUT2D eigenvalue weighted by molar-refractivity contribution is 0.713. The maximum absolute atomic E-state index is 2.47. The number of para-hydroxylation sites is 1. The van der Waals surface area contributed by atoms with E-state index in [1.54, 1.807) is 0 Å². The minimum atomic E-state index is -0.264. The molecule has 0 fully saturated rings. The zero-order valence-electron chi connectivity index (χ0n) is 26.7. The Kier molecular flexibility index (Phi) is 6.14. The molecule has 0 spiro atoms. The third-order valence-corrected chi connectivity index (χ3v) is 10.8. The first-order chi connectivity index (χ1) is 23.1. The average molecular weight is 602 g/mol. The summed E-state index contributed by atoms with van der Waals surface area (Å²) < 4.78 is 0. The van der Waals surface area contributed by atoms with E-state index >= 15 is 0 Å². The van der Waals surface area contributed by atoms with E-state index in [1.165, 1.54) is 61.3 Å². The maximum Gasteiger partial charge on any atom is 0.0543 e. The summed E-state index contributed by atoms with van der Waals surface area (Å²) in [6.07, 6.45) is 0. The van der Waals surface area contributed by atoms with Crippen LogP contribution in [0.25, 0.3) is 22.3 Å². The van der Waals surface area contributed by atoms with Gasteiger partial charge in [-0.15, -0.1) is 0 Å². The van der Waals surface area contributed by atoms with Crippen molar-refractivity contribution in [3.8, 4) is 22.3 Å². The quantitative estimate of drug-likeness (QED) is 0.190. The largest absolute Gasteiger partial charge is 0.310 e. The van der Waals surface area contributed by atoms with Crippen LogP contribution >= 0.6 is 0 Å². The fraction of sp³-hybridized carbons (Fsp3) is 0.0870. The van der Waals surface area contributed by atoms with Crippen LogP contribution in [-0.4, -0.2) is 0 Å². The third kappa shape index (κ3) is 3.90. The van der Waals surface area contributed by atoms with Gasteiger partial charge in [-0.05, 0) is 94.3 Å². The Labute approximate surface area is 277 Å². The fourth-order valence-electron chi connectivity index (χ4n) is 8.51. The monoisotopic (exact) mass is 601 g/mol. The second-order valence-corrected chi connectivity index (χ2v) is 13.2. The predicted octanol–water partition coefficient (Wildman–Crippen LogP) is 11.8. The van der Waals surface area contributed by atoms with Crippen LogP contribution in [0.1, 0.15) is 47.2 Å². The zero-order valence-corrected chi connectivity index (χ0v) is 26.7. The van der Waals surface area contributed by atoms with Crippen molar-refractivity contribution in [3.05, 3.63) is 209 Å². The van der Waals surface area contributed by atoms with E-state index in [9.17, 15) is 0 Å². The Hall–Kier alpha value is -5.66. The lowest BCUT2D eigenvalue weighted by Gasteiger charge is -2.31. The molecule has 7 aromatic carbocycles. The Morgan fingerprint density at radius 2 is 0.851 bits per heavy atom. The number of benzene rings is 7. The van der Waals surface area contributed by atoms with Gasteiger partial charge in [0.1, 0.15) is 0 Å². The Morgan fingerprint density at radius 3 is 1.51 bits per heavy atom. The molecule has 0 saturated heterocycles. The highest BCUT2D eigenvalue weighted by Crippen LogP contribution is 2.58. The van der Waals surface area contributed by atoms with Gasteiger partial charge in [-0.25, -0.2) is 0 Å². The number of fused-ring (bicyclic) bond motifs is 6. The van der Waals surface area contributed by atoms with Crippen LogP contribution < -0.4 is 4.90 Å². The second kappa shape index (κ2) is 10.4. The maximum atomic E-state index is 2.47. The molecule has 0 bridgehead atoms. The van der Waals surface area contributed by atoms with E-state index < -0.39 is 0 Å². The van der Waals surface area contributed by atoms with Crippen LogP contribution in [0.2, 0.25) is 0 Å². The number of hydrogen-bond acceptors (Lipinski definition) is 1. The van der Waals surface area contributed by atoms with Gasteiger partial charge in [0.25, 0.3) is 0 Å².